The molecule has 0 spiro atoms. The highest BCUT2D eigenvalue weighted by molar-refractivity contribution is 6.30. The van der Waals surface area contributed by atoms with Crippen molar-refractivity contribution in [1.29, 1.82) is 0 Å². The van der Waals surface area contributed by atoms with Crippen molar-refractivity contribution in [3.05, 3.63) is 34.6 Å². The topological polar surface area (TPSA) is 3.24 Å². The van der Waals surface area contributed by atoms with E-state index in [2.05, 4.69) is 30.6 Å². The molecule has 0 radical (unpaired) electrons. The number of hydrogen-bond donors (Lipinski definition) is 0. The second-order valence-corrected chi connectivity index (χ2v) is 4.67. The number of nitrogens with zero attached hydrogens (tertiary/aromatic N) is 1. The Morgan fingerprint density at radius 3 is 2.39 bits per heavy atom. The van der Waals surface area contributed by atoms with Crippen molar-refractivity contribution in [2.75, 3.05) is 19.6 Å². The first kappa shape index (κ1) is 15.0. The summed E-state index contributed by atoms with van der Waals surface area (Å²) < 4.78 is 13.1. The molecule has 0 amide bonds. The fourth-order valence-corrected chi connectivity index (χ4v) is 2.00. The molecule has 0 saturated carbocycles. The molecule has 1 aromatic carbocycles. The van der Waals surface area contributed by atoms with Crippen LogP contribution in [0.4, 0.5) is 4.39 Å². The maximum Gasteiger partial charge on any atom is 0.125 e. The molecule has 0 aliphatic carbocycles. The Morgan fingerprint density at radius 2 is 1.83 bits per heavy atom. The van der Waals surface area contributed by atoms with E-state index < -0.39 is 0 Å². The second kappa shape index (κ2) is 8.13. The monoisotopic (exact) mass is 267 g/mol. The first-order valence-corrected chi connectivity index (χ1v) is 6.70. The van der Waals surface area contributed by atoms with Gasteiger partial charge in [0.05, 0.1) is 6.54 Å². The molecular formula is C15H19ClFN. The van der Waals surface area contributed by atoms with Gasteiger partial charge in [0.15, 0.2) is 0 Å². The van der Waals surface area contributed by atoms with Crippen LogP contribution in [-0.2, 0) is 0 Å². The Balaban J connectivity index is 2.63. The van der Waals surface area contributed by atoms with Crippen LogP contribution in [0, 0.1) is 17.7 Å². The Hall–Kier alpha value is -1.04. The van der Waals surface area contributed by atoms with E-state index in [0.717, 1.165) is 32.5 Å². The van der Waals surface area contributed by atoms with Gasteiger partial charge in [-0.25, -0.2) is 4.39 Å². The fraction of sp³-hybridized carbons (Fsp3) is 0.467. The lowest BCUT2D eigenvalue weighted by molar-refractivity contribution is 0.308. The van der Waals surface area contributed by atoms with Crippen LogP contribution >= 0.6 is 11.6 Å². The normalized spacial score (nSPS) is 10.3. The van der Waals surface area contributed by atoms with Crippen LogP contribution in [-0.4, -0.2) is 24.5 Å². The minimum atomic E-state index is -0.342. The Labute approximate surface area is 114 Å². The number of hydrogen-bond acceptors (Lipinski definition) is 1. The Morgan fingerprint density at radius 1 is 1.17 bits per heavy atom. The summed E-state index contributed by atoms with van der Waals surface area (Å²) in [4.78, 5) is 2.30. The van der Waals surface area contributed by atoms with Gasteiger partial charge in [-0.05, 0) is 44.1 Å². The maximum atomic E-state index is 13.1. The van der Waals surface area contributed by atoms with Crippen molar-refractivity contribution in [3.63, 3.8) is 0 Å². The zero-order chi connectivity index (χ0) is 13.4. The van der Waals surface area contributed by atoms with Crippen LogP contribution in [0.2, 0.25) is 5.02 Å². The maximum absolute atomic E-state index is 13.1. The van der Waals surface area contributed by atoms with E-state index in [1.165, 1.54) is 12.1 Å². The highest BCUT2D eigenvalue weighted by Gasteiger charge is 1.99. The number of rotatable bonds is 5. The van der Waals surface area contributed by atoms with Crippen LogP contribution in [0.1, 0.15) is 32.3 Å². The molecule has 1 aromatic rings. The lowest BCUT2D eigenvalue weighted by Crippen LogP contribution is -2.25. The molecule has 0 fully saturated rings. The van der Waals surface area contributed by atoms with E-state index in [0.29, 0.717) is 10.6 Å². The van der Waals surface area contributed by atoms with Crippen molar-refractivity contribution in [2.45, 2.75) is 26.7 Å². The molecular weight excluding hydrogens is 249 g/mol. The van der Waals surface area contributed by atoms with E-state index >= 15 is 0 Å². The van der Waals surface area contributed by atoms with Gasteiger partial charge in [0, 0.05) is 10.6 Å². The summed E-state index contributed by atoms with van der Waals surface area (Å²) in [6.45, 7) is 7.12. The van der Waals surface area contributed by atoms with Gasteiger partial charge in [0.25, 0.3) is 0 Å². The van der Waals surface area contributed by atoms with Gasteiger partial charge in [-0.15, -0.1) is 0 Å². The summed E-state index contributed by atoms with van der Waals surface area (Å²) in [5.74, 6) is 5.69. The zero-order valence-electron chi connectivity index (χ0n) is 11.0. The van der Waals surface area contributed by atoms with Gasteiger partial charge in [-0.1, -0.05) is 37.3 Å². The summed E-state index contributed by atoms with van der Waals surface area (Å²) in [6, 6.07) is 4.37. The molecule has 0 atom stereocenters. The fourth-order valence-electron chi connectivity index (χ4n) is 1.78. The van der Waals surface area contributed by atoms with E-state index in [1.807, 2.05) is 0 Å². The Bertz CT molecular complexity index is 408. The summed E-state index contributed by atoms with van der Waals surface area (Å²) in [6.07, 6.45) is 2.24. The standard InChI is InChI=1S/C15H19ClFN/c1-3-7-18(8-4-2)9-5-6-13-10-14(16)12-15(17)11-13/h10-12H,3-4,7-9H2,1-2H3. The first-order chi connectivity index (χ1) is 8.65. The number of halogens is 2. The minimum Gasteiger partial charge on any atom is -0.292 e. The third-order valence-electron chi connectivity index (χ3n) is 2.48. The SMILES string of the molecule is CCCN(CC#Cc1cc(F)cc(Cl)c1)CCC. The lowest BCUT2D eigenvalue weighted by atomic mass is 10.2. The molecule has 0 aliphatic rings. The van der Waals surface area contributed by atoms with Crippen LogP contribution in [0.25, 0.3) is 0 Å². The largest absolute Gasteiger partial charge is 0.292 e. The molecule has 0 saturated heterocycles. The molecule has 0 aromatic heterocycles. The second-order valence-electron chi connectivity index (χ2n) is 4.24. The zero-order valence-corrected chi connectivity index (χ0v) is 11.7. The molecule has 18 heavy (non-hydrogen) atoms. The molecule has 1 nitrogen and oxygen atoms in total. The third kappa shape index (κ3) is 5.53. The van der Waals surface area contributed by atoms with Gasteiger partial charge in [0.1, 0.15) is 5.82 Å². The average Bonchev–Trinajstić information content (AvgIpc) is 2.28. The number of benzene rings is 1. The first-order valence-electron chi connectivity index (χ1n) is 6.33. The van der Waals surface area contributed by atoms with Crippen molar-refractivity contribution >= 4 is 11.6 Å². The van der Waals surface area contributed by atoms with Crippen LogP contribution in [0.15, 0.2) is 18.2 Å². The van der Waals surface area contributed by atoms with Crippen molar-refractivity contribution in [3.8, 4) is 11.8 Å². The smallest absolute Gasteiger partial charge is 0.125 e. The summed E-state index contributed by atoms with van der Waals surface area (Å²) in [5, 5.41) is 0.387. The van der Waals surface area contributed by atoms with E-state index in [4.69, 9.17) is 11.6 Å². The van der Waals surface area contributed by atoms with Crippen LogP contribution in [0.3, 0.4) is 0 Å². The van der Waals surface area contributed by atoms with Crippen LogP contribution < -0.4 is 0 Å². The summed E-state index contributed by atoms with van der Waals surface area (Å²) in [7, 11) is 0. The predicted octanol–water partition coefficient (Wildman–Crippen LogP) is 3.95. The molecule has 3 heteroatoms. The van der Waals surface area contributed by atoms with Crippen LogP contribution in [0.5, 0.6) is 0 Å². The third-order valence-corrected chi connectivity index (χ3v) is 2.70. The Kier molecular flexibility index (Phi) is 6.78. The van der Waals surface area contributed by atoms with Gasteiger partial charge < -0.3 is 0 Å². The minimum absolute atomic E-state index is 0.342. The summed E-state index contributed by atoms with van der Waals surface area (Å²) in [5.41, 5.74) is 0.632. The highest BCUT2D eigenvalue weighted by Crippen LogP contribution is 2.13. The molecule has 0 N–H and O–H groups in total. The predicted molar refractivity (Wildman–Crippen MR) is 75.3 cm³/mol. The quantitative estimate of drug-likeness (QED) is 0.730. The van der Waals surface area contributed by atoms with Gasteiger partial charge >= 0.3 is 0 Å². The molecule has 1 rings (SSSR count). The van der Waals surface area contributed by atoms with Crippen molar-refractivity contribution < 1.29 is 4.39 Å². The lowest BCUT2D eigenvalue weighted by Gasteiger charge is -2.17. The average molecular weight is 268 g/mol. The van der Waals surface area contributed by atoms with Crippen molar-refractivity contribution in [1.82, 2.24) is 4.90 Å². The molecule has 0 unspecified atom stereocenters. The molecule has 0 bridgehead atoms. The molecule has 0 heterocycles. The van der Waals surface area contributed by atoms with Crippen molar-refractivity contribution in [2.24, 2.45) is 0 Å². The highest BCUT2D eigenvalue weighted by atomic mass is 35.5. The van der Waals surface area contributed by atoms with Gasteiger partial charge in [-0.2, -0.15) is 0 Å². The van der Waals surface area contributed by atoms with Gasteiger partial charge in [0.2, 0.25) is 0 Å². The molecule has 0 aliphatic heterocycles. The van der Waals surface area contributed by atoms with E-state index in [1.54, 1.807) is 6.07 Å². The van der Waals surface area contributed by atoms with E-state index in [-0.39, 0.29) is 5.82 Å². The van der Waals surface area contributed by atoms with Gasteiger partial charge in [-0.3, -0.25) is 4.90 Å². The van der Waals surface area contributed by atoms with E-state index in [9.17, 15) is 4.39 Å². The summed E-state index contributed by atoms with van der Waals surface area (Å²) >= 11 is 5.77. The molecule has 98 valence electrons.